The number of benzene rings is 2. The van der Waals surface area contributed by atoms with E-state index in [1.54, 1.807) is 0 Å². The van der Waals surface area contributed by atoms with Crippen LogP contribution in [0.2, 0.25) is 0 Å². The molecule has 0 atom stereocenters. The Bertz CT molecular complexity index is 989. The highest BCUT2D eigenvalue weighted by atomic mass is 32.2. The summed E-state index contributed by atoms with van der Waals surface area (Å²) in [6, 6.07) is 9.13. The summed E-state index contributed by atoms with van der Waals surface area (Å²) >= 11 is -0.159. The molecule has 2 aromatic carbocycles. The first kappa shape index (κ1) is 22.5. The molecule has 0 unspecified atom stereocenters. The molecule has 0 amide bonds. The van der Waals surface area contributed by atoms with Crippen molar-refractivity contribution in [3.8, 4) is 0 Å². The SMILES string of the molecule is C=C(CCC(=C)c1ccc2c(c1)CC(F)(F)C(F)(F)S2)c1cccc(C(F)(F)F)c1. The fourth-order valence-electron chi connectivity index (χ4n) is 3.10. The van der Waals surface area contributed by atoms with Crippen LogP contribution < -0.4 is 0 Å². The van der Waals surface area contributed by atoms with Gasteiger partial charge in [0.05, 0.1) is 5.56 Å². The lowest BCUT2D eigenvalue weighted by Gasteiger charge is -2.31. The van der Waals surface area contributed by atoms with E-state index in [4.69, 9.17) is 0 Å². The van der Waals surface area contributed by atoms with E-state index in [0.29, 0.717) is 35.1 Å². The van der Waals surface area contributed by atoms with Crippen molar-refractivity contribution in [1.82, 2.24) is 0 Å². The van der Waals surface area contributed by atoms with Crippen molar-refractivity contribution >= 4 is 22.9 Å². The Balaban J connectivity index is 1.70. The minimum Gasteiger partial charge on any atom is -0.198 e. The molecule has 0 bridgehead atoms. The van der Waals surface area contributed by atoms with Crippen molar-refractivity contribution in [1.29, 1.82) is 0 Å². The van der Waals surface area contributed by atoms with Crippen LogP contribution in [0.15, 0.2) is 60.5 Å². The standard InChI is InChI=1S/C22H17F7S/c1-13(15-4-3-5-18(11-15)21(25,26)27)6-7-14(2)16-8-9-19-17(10-16)12-20(23,24)22(28,29)30-19/h3-5,8-11H,1-2,6-7,12H2. The van der Waals surface area contributed by atoms with E-state index in [-0.39, 0.29) is 22.2 Å². The van der Waals surface area contributed by atoms with Gasteiger partial charge in [-0.2, -0.15) is 30.7 Å². The molecule has 0 aliphatic carbocycles. The molecular formula is C22H17F7S. The molecule has 30 heavy (non-hydrogen) atoms. The Morgan fingerprint density at radius 2 is 1.50 bits per heavy atom. The molecule has 3 rings (SSSR count). The van der Waals surface area contributed by atoms with Crippen LogP contribution in [0.4, 0.5) is 30.7 Å². The highest BCUT2D eigenvalue weighted by Crippen LogP contribution is 2.53. The normalized spacial score (nSPS) is 17.3. The Morgan fingerprint density at radius 1 is 0.900 bits per heavy atom. The lowest BCUT2D eigenvalue weighted by molar-refractivity contribution is -0.153. The second-order valence-electron chi connectivity index (χ2n) is 7.11. The highest BCUT2D eigenvalue weighted by Gasteiger charge is 2.59. The minimum atomic E-state index is -4.46. The second-order valence-corrected chi connectivity index (χ2v) is 8.26. The number of halogens is 7. The quantitative estimate of drug-likeness (QED) is 0.418. The van der Waals surface area contributed by atoms with Gasteiger partial charge in [-0.1, -0.05) is 37.4 Å². The molecule has 0 aromatic heterocycles. The summed E-state index contributed by atoms with van der Waals surface area (Å²) in [6.45, 7) is 7.72. The molecular weight excluding hydrogens is 429 g/mol. The zero-order valence-electron chi connectivity index (χ0n) is 15.6. The summed E-state index contributed by atoms with van der Waals surface area (Å²) in [6.07, 6.45) is -4.89. The predicted molar refractivity (Wildman–Crippen MR) is 105 cm³/mol. The lowest BCUT2D eigenvalue weighted by atomic mass is 9.94. The molecule has 0 radical (unpaired) electrons. The fraction of sp³-hybridized carbons (Fsp3) is 0.273. The van der Waals surface area contributed by atoms with Crippen LogP contribution in [0.3, 0.4) is 0 Å². The summed E-state index contributed by atoms with van der Waals surface area (Å²) in [5.74, 6) is -4.15. The second kappa shape index (κ2) is 7.80. The number of allylic oxidation sites excluding steroid dienone is 2. The number of hydrogen-bond donors (Lipinski definition) is 0. The van der Waals surface area contributed by atoms with Gasteiger partial charge in [-0.15, -0.1) is 0 Å². The first-order valence-corrected chi connectivity index (χ1v) is 9.73. The molecule has 8 heteroatoms. The summed E-state index contributed by atoms with van der Waals surface area (Å²) in [4.78, 5) is 0.0934. The molecule has 0 fully saturated rings. The molecule has 0 saturated carbocycles. The molecule has 1 heterocycles. The third-order valence-corrected chi connectivity index (χ3v) is 6.05. The van der Waals surface area contributed by atoms with Gasteiger partial charge in [-0.05, 0) is 70.6 Å². The van der Waals surface area contributed by atoms with Gasteiger partial charge < -0.3 is 0 Å². The highest BCUT2D eigenvalue weighted by molar-refractivity contribution is 8.00. The van der Waals surface area contributed by atoms with Crippen LogP contribution >= 0.6 is 11.8 Å². The molecule has 1 aliphatic heterocycles. The summed E-state index contributed by atoms with van der Waals surface area (Å²) in [5, 5.41) is -4.17. The first-order valence-electron chi connectivity index (χ1n) is 8.91. The lowest BCUT2D eigenvalue weighted by Crippen LogP contribution is -2.42. The summed E-state index contributed by atoms with van der Waals surface area (Å²) in [5.41, 5.74) is 1.24. The van der Waals surface area contributed by atoms with Gasteiger partial charge in [0.25, 0.3) is 0 Å². The van der Waals surface area contributed by atoms with Crippen molar-refractivity contribution in [2.24, 2.45) is 0 Å². The maximum atomic E-state index is 13.7. The van der Waals surface area contributed by atoms with Crippen LogP contribution in [0.5, 0.6) is 0 Å². The van der Waals surface area contributed by atoms with Crippen molar-refractivity contribution in [3.63, 3.8) is 0 Å². The number of rotatable bonds is 5. The molecule has 0 nitrogen and oxygen atoms in total. The number of thioether (sulfide) groups is 1. The molecule has 0 spiro atoms. The van der Waals surface area contributed by atoms with E-state index in [2.05, 4.69) is 13.2 Å². The maximum absolute atomic E-state index is 13.7. The van der Waals surface area contributed by atoms with Gasteiger partial charge in [0.2, 0.25) is 0 Å². The van der Waals surface area contributed by atoms with Crippen LogP contribution in [0.25, 0.3) is 11.1 Å². The predicted octanol–water partition coefficient (Wildman–Crippen LogP) is 8.09. The van der Waals surface area contributed by atoms with Gasteiger partial charge in [-0.3, -0.25) is 0 Å². The molecule has 160 valence electrons. The smallest absolute Gasteiger partial charge is 0.198 e. The van der Waals surface area contributed by atoms with E-state index in [0.717, 1.165) is 12.1 Å². The van der Waals surface area contributed by atoms with Crippen LogP contribution in [0, 0.1) is 0 Å². The third-order valence-electron chi connectivity index (χ3n) is 4.87. The average molecular weight is 446 g/mol. The van der Waals surface area contributed by atoms with E-state index in [1.807, 2.05) is 0 Å². The number of fused-ring (bicyclic) bond motifs is 1. The zero-order chi connectivity index (χ0) is 22.3. The number of hydrogen-bond acceptors (Lipinski definition) is 1. The van der Waals surface area contributed by atoms with E-state index in [9.17, 15) is 30.7 Å². The Labute approximate surface area is 173 Å². The van der Waals surface area contributed by atoms with Gasteiger partial charge in [0.15, 0.2) is 0 Å². The van der Waals surface area contributed by atoms with Gasteiger partial charge in [0.1, 0.15) is 0 Å². The molecule has 0 saturated heterocycles. The van der Waals surface area contributed by atoms with Crippen LogP contribution in [0.1, 0.15) is 35.1 Å². The Hall–Kier alpha value is -2.22. The van der Waals surface area contributed by atoms with E-state index < -0.39 is 29.3 Å². The van der Waals surface area contributed by atoms with Crippen molar-refractivity contribution < 1.29 is 30.7 Å². The topological polar surface area (TPSA) is 0 Å². The van der Waals surface area contributed by atoms with Gasteiger partial charge >= 0.3 is 17.4 Å². The van der Waals surface area contributed by atoms with Crippen molar-refractivity contribution in [3.05, 3.63) is 77.9 Å². The monoisotopic (exact) mass is 446 g/mol. The van der Waals surface area contributed by atoms with Crippen molar-refractivity contribution in [2.75, 3.05) is 0 Å². The van der Waals surface area contributed by atoms with Crippen LogP contribution in [-0.2, 0) is 12.6 Å². The largest absolute Gasteiger partial charge is 0.416 e. The average Bonchev–Trinajstić information content (AvgIpc) is 2.65. The summed E-state index contributed by atoms with van der Waals surface area (Å²) in [7, 11) is 0. The zero-order valence-corrected chi connectivity index (χ0v) is 16.4. The van der Waals surface area contributed by atoms with Gasteiger partial charge in [-0.25, -0.2) is 0 Å². The molecule has 2 aromatic rings. The third kappa shape index (κ3) is 4.58. The number of alkyl halides is 7. The van der Waals surface area contributed by atoms with E-state index >= 15 is 0 Å². The molecule has 1 aliphatic rings. The molecule has 0 N–H and O–H groups in total. The van der Waals surface area contributed by atoms with E-state index in [1.165, 1.54) is 30.3 Å². The Kier molecular flexibility index (Phi) is 5.84. The maximum Gasteiger partial charge on any atom is 0.416 e. The minimum absolute atomic E-state index is 0.0934. The summed E-state index contributed by atoms with van der Waals surface area (Å²) < 4.78 is 92.9. The fourth-order valence-corrected chi connectivity index (χ4v) is 3.99. The Morgan fingerprint density at radius 3 is 2.10 bits per heavy atom. The van der Waals surface area contributed by atoms with Crippen molar-refractivity contribution in [2.45, 2.75) is 41.5 Å². The van der Waals surface area contributed by atoms with Gasteiger partial charge in [0, 0.05) is 11.3 Å². The van der Waals surface area contributed by atoms with Crippen LogP contribution in [-0.4, -0.2) is 11.2 Å². The first-order chi connectivity index (χ1) is 13.8.